The summed E-state index contributed by atoms with van der Waals surface area (Å²) in [7, 11) is 0. The fourth-order valence-corrected chi connectivity index (χ4v) is 2.23. The number of amides is 1. The molecule has 1 unspecified atom stereocenters. The molecule has 1 atom stereocenters. The molecule has 1 aromatic carbocycles. The van der Waals surface area contributed by atoms with Gasteiger partial charge < -0.3 is 21.5 Å². The summed E-state index contributed by atoms with van der Waals surface area (Å²) in [6, 6.07) is 2.17. The van der Waals surface area contributed by atoms with E-state index < -0.39 is 23.3 Å². The Bertz CT molecular complexity index is 547. The predicted octanol–water partition coefficient (Wildman–Crippen LogP) is 0.418. The monoisotopic (exact) mass is 267 g/mol. The summed E-state index contributed by atoms with van der Waals surface area (Å²) in [4.78, 5) is 23.6. The molecule has 0 spiro atoms. The lowest BCUT2D eigenvalue weighted by Gasteiger charge is -2.20. The lowest BCUT2D eigenvalue weighted by atomic mass is 10.1. The summed E-state index contributed by atoms with van der Waals surface area (Å²) >= 11 is 0. The van der Waals surface area contributed by atoms with Gasteiger partial charge in [-0.05, 0) is 12.5 Å². The number of carbonyl (C=O) groups excluding carboxylic acids is 1. The highest BCUT2D eigenvalue weighted by atomic mass is 19.1. The number of halogens is 1. The normalized spacial score (nSPS) is 18.6. The van der Waals surface area contributed by atoms with Gasteiger partial charge in [-0.2, -0.15) is 0 Å². The van der Waals surface area contributed by atoms with Crippen molar-refractivity contribution in [3.05, 3.63) is 23.5 Å². The van der Waals surface area contributed by atoms with Crippen LogP contribution in [-0.2, 0) is 4.79 Å². The highest BCUT2D eigenvalue weighted by Gasteiger charge is 2.28. The van der Waals surface area contributed by atoms with E-state index in [0.29, 0.717) is 25.2 Å². The first-order valence-corrected chi connectivity index (χ1v) is 5.76. The molecule has 7 heteroatoms. The molecule has 1 heterocycles. The number of carbonyl (C=O) groups is 2. The maximum atomic E-state index is 13.6. The number of benzene rings is 1. The van der Waals surface area contributed by atoms with Crippen molar-refractivity contribution in [3.8, 4) is 0 Å². The van der Waals surface area contributed by atoms with Crippen molar-refractivity contribution in [2.45, 2.75) is 6.42 Å². The van der Waals surface area contributed by atoms with Crippen LogP contribution in [0.25, 0.3) is 0 Å². The topological polar surface area (TPSA) is 110 Å². The highest BCUT2D eigenvalue weighted by molar-refractivity contribution is 5.91. The summed E-state index contributed by atoms with van der Waals surface area (Å²) < 4.78 is 13.6. The summed E-state index contributed by atoms with van der Waals surface area (Å²) in [5.74, 6) is -2.91. The van der Waals surface area contributed by atoms with E-state index in [4.69, 9.17) is 16.6 Å². The van der Waals surface area contributed by atoms with Crippen LogP contribution in [0.1, 0.15) is 16.8 Å². The molecule has 5 N–H and O–H groups in total. The number of nitrogens with zero attached hydrogens (tertiary/aromatic N) is 1. The van der Waals surface area contributed by atoms with Crippen LogP contribution in [0, 0.1) is 11.7 Å². The summed E-state index contributed by atoms with van der Waals surface area (Å²) in [6.45, 7) is 0.898. The molecule has 1 saturated heterocycles. The van der Waals surface area contributed by atoms with Gasteiger partial charge in [0.25, 0.3) is 0 Å². The van der Waals surface area contributed by atoms with Crippen molar-refractivity contribution in [1.29, 1.82) is 0 Å². The van der Waals surface area contributed by atoms with Crippen LogP contribution in [0.2, 0.25) is 0 Å². The second-order valence-corrected chi connectivity index (χ2v) is 4.53. The first-order valence-electron chi connectivity index (χ1n) is 5.76. The van der Waals surface area contributed by atoms with Gasteiger partial charge >= 0.3 is 5.97 Å². The van der Waals surface area contributed by atoms with E-state index in [2.05, 4.69) is 0 Å². The molecule has 0 radical (unpaired) electrons. The maximum Gasteiger partial charge on any atom is 0.338 e. The van der Waals surface area contributed by atoms with Gasteiger partial charge in [0.1, 0.15) is 5.82 Å². The molecule has 1 aromatic rings. The maximum absolute atomic E-state index is 13.6. The third-order valence-electron chi connectivity index (χ3n) is 3.28. The third kappa shape index (κ3) is 2.44. The molecule has 1 fully saturated rings. The van der Waals surface area contributed by atoms with Gasteiger partial charge in [0.2, 0.25) is 5.91 Å². The number of hydrogen-bond donors (Lipinski definition) is 3. The molecule has 1 amide bonds. The van der Waals surface area contributed by atoms with Gasteiger partial charge in [0.05, 0.1) is 22.9 Å². The van der Waals surface area contributed by atoms with Gasteiger partial charge in [0, 0.05) is 19.2 Å². The number of hydrogen-bond acceptors (Lipinski definition) is 4. The number of primary amides is 1. The summed E-state index contributed by atoms with van der Waals surface area (Å²) in [5, 5.41) is 8.79. The number of carboxylic acid groups (broad SMARTS) is 1. The van der Waals surface area contributed by atoms with Crippen LogP contribution in [0.15, 0.2) is 12.1 Å². The molecule has 6 nitrogen and oxygen atoms in total. The lowest BCUT2D eigenvalue weighted by molar-refractivity contribution is -0.121. The number of aromatic carboxylic acids is 1. The van der Waals surface area contributed by atoms with Crippen molar-refractivity contribution >= 4 is 23.3 Å². The first kappa shape index (κ1) is 13.1. The second kappa shape index (κ2) is 4.75. The van der Waals surface area contributed by atoms with Gasteiger partial charge in [0.15, 0.2) is 0 Å². The second-order valence-electron chi connectivity index (χ2n) is 4.53. The third-order valence-corrected chi connectivity index (χ3v) is 3.28. The van der Waals surface area contributed by atoms with Gasteiger partial charge in [-0.25, -0.2) is 9.18 Å². The van der Waals surface area contributed by atoms with E-state index in [9.17, 15) is 14.0 Å². The number of nitrogen functional groups attached to an aromatic ring is 1. The molecular weight excluding hydrogens is 253 g/mol. The molecule has 2 rings (SSSR count). The predicted molar refractivity (Wildman–Crippen MR) is 67.3 cm³/mol. The molecule has 0 aromatic heterocycles. The Morgan fingerprint density at radius 3 is 2.63 bits per heavy atom. The Balaban J connectivity index is 2.29. The number of anilines is 2. The molecular formula is C12H14FN3O3. The lowest BCUT2D eigenvalue weighted by Crippen LogP contribution is -2.27. The quantitative estimate of drug-likeness (QED) is 0.687. The first-order chi connectivity index (χ1) is 8.90. The smallest absolute Gasteiger partial charge is 0.338 e. The van der Waals surface area contributed by atoms with Crippen LogP contribution in [0.5, 0.6) is 0 Å². The summed E-state index contributed by atoms with van der Waals surface area (Å²) in [5.41, 5.74) is 11.1. The van der Waals surface area contributed by atoms with Crippen LogP contribution in [-0.4, -0.2) is 30.1 Å². The van der Waals surface area contributed by atoms with Crippen LogP contribution in [0.3, 0.4) is 0 Å². The minimum absolute atomic E-state index is 0.170. The van der Waals surface area contributed by atoms with Crippen molar-refractivity contribution in [2.75, 3.05) is 23.7 Å². The molecule has 102 valence electrons. The highest BCUT2D eigenvalue weighted by Crippen LogP contribution is 2.31. The molecule has 0 bridgehead atoms. The molecule has 19 heavy (non-hydrogen) atoms. The van der Waals surface area contributed by atoms with Crippen molar-refractivity contribution < 1.29 is 19.1 Å². The Kier molecular flexibility index (Phi) is 3.28. The van der Waals surface area contributed by atoms with E-state index in [0.717, 1.165) is 12.1 Å². The zero-order valence-corrected chi connectivity index (χ0v) is 10.1. The average molecular weight is 267 g/mol. The van der Waals surface area contributed by atoms with E-state index in [1.165, 1.54) is 0 Å². The van der Waals surface area contributed by atoms with Crippen LogP contribution >= 0.6 is 0 Å². The number of carboxylic acids is 1. The Labute approximate surface area is 108 Å². The van der Waals surface area contributed by atoms with Gasteiger partial charge in [-0.1, -0.05) is 0 Å². The molecule has 1 aliphatic heterocycles. The fraction of sp³-hybridized carbons (Fsp3) is 0.333. The Hall–Kier alpha value is -2.31. The number of rotatable bonds is 3. The van der Waals surface area contributed by atoms with Gasteiger partial charge in [-0.3, -0.25) is 4.79 Å². The van der Waals surface area contributed by atoms with E-state index in [1.807, 2.05) is 0 Å². The zero-order valence-electron chi connectivity index (χ0n) is 10.1. The van der Waals surface area contributed by atoms with E-state index in [-0.39, 0.29) is 11.6 Å². The van der Waals surface area contributed by atoms with Gasteiger partial charge in [-0.15, -0.1) is 0 Å². The SMILES string of the molecule is NC(=O)C1CCN(c2cc(F)c(C(=O)O)cc2N)C1. The minimum Gasteiger partial charge on any atom is -0.478 e. The van der Waals surface area contributed by atoms with E-state index >= 15 is 0 Å². The standard InChI is InChI=1S/C12H14FN3O3/c13-8-4-10(9(14)3-7(8)12(18)19)16-2-1-6(5-16)11(15)17/h3-4,6H,1-2,5,14H2,(H2,15,17)(H,18,19). The molecule has 0 saturated carbocycles. The fourth-order valence-electron chi connectivity index (χ4n) is 2.23. The largest absolute Gasteiger partial charge is 0.478 e. The molecule has 1 aliphatic rings. The summed E-state index contributed by atoms with van der Waals surface area (Å²) in [6.07, 6.45) is 0.580. The minimum atomic E-state index is -1.37. The van der Waals surface area contributed by atoms with Crippen LogP contribution in [0.4, 0.5) is 15.8 Å². The van der Waals surface area contributed by atoms with Crippen molar-refractivity contribution in [3.63, 3.8) is 0 Å². The van der Waals surface area contributed by atoms with Crippen molar-refractivity contribution in [2.24, 2.45) is 11.7 Å². The number of nitrogens with two attached hydrogens (primary N) is 2. The zero-order chi connectivity index (χ0) is 14.2. The van der Waals surface area contributed by atoms with Crippen molar-refractivity contribution in [1.82, 2.24) is 0 Å². The van der Waals surface area contributed by atoms with Crippen LogP contribution < -0.4 is 16.4 Å². The molecule has 0 aliphatic carbocycles. The Morgan fingerprint density at radius 1 is 1.42 bits per heavy atom. The average Bonchev–Trinajstić information content (AvgIpc) is 2.80. The Morgan fingerprint density at radius 2 is 2.11 bits per heavy atom. The van der Waals surface area contributed by atoms with E-state index in [1.54, 1.807) is 4.90 Å².